The third kappa shape index (κ3) is 4.85. The quantitative estimate of drug-likeness (QED) is 0.290. The molecule has 0 fully saturated rings. The van der Waals surface area contributed by atoms with Crippen molar-refractivity contribution in [3.63, 3.8) is 0 Å². The van der Waals surface area contributed by atoms with Crippen LogP contribution < -0.4 is 5.01 Å². The van der Waals surface area contributed by atoms with Crippen molar-refractivity contribution in [1.29, 1.82) is 5.26 Å². The number of benzene rings is 2. The molecule has 0 bridgehead atoms. The van der Waals surface area contributed by atoms with Crippen LogP contribution in [0.1, 0.15) is 35.1 Å². The molecule has 3 rings (SSSR count). The number of halogens is 2. The number of carbonyl (C=O) groups excluding carboxylic acids is 1. The fraction of sp³-hybridized carbons (Fsp3) is 0.130. The van der Waals surface area contributed by atoms with Crippen molar-refractivity contribution in [3.8, 4) is 6.07 Å². The molecule has 1 aromatic heterocycles. The number of hydrogen-bond donors (Lipinski definition) is 0. The van der Waals surface area contributed by atoms with Gasteiger partial charge in [0.15, 0.2) is 0 Å². The molecule has 0 radical (unpaired) electrons. The summed E-state index contributed by atoms with van der Waals surface area (Å²) in [6.07, 6.45) is 3.17. The van der Waals surface area contributed by atoms with Gasteiger partial charge < -0.3 is 0 Å². The van der Waals surface area contributed by atoms with Crippen LogP contribution in [0.5, 0.6) is 0 Å². The first-order valence-corrected chi connectivity index (χ1v) is 9.87. The van der Waals surface area contributed by atoms with Gasteiger partial charge in [-0.15, -0.1) is 0 Å². The maximum atomic E-state index is 12.2. The molecule has 1 amide bonds. The molecule has 2 aromatic carbocycles. The first-order chi connectivity index (χ1) is 14.4. The molecule has 7 heteroatoms. The van der Waals surface area contributed by atoms with Gasteiger partial charge in [0.1, 0.15) is 5.15 Å². The number of aryl methyl sites for hydroxylation is 1. The highest BCUT2D eigenvalue weighted by molar-refractivity contribution is 6.32. The summed E-state index contributed by atoms with van der Waals surface area (Å²) in [5.41, 5.74) is 3.49. The summed E-state index contributed by atoms with van der Waals surface area (Å²) in [7, 11) is 0. The van der Waals surface area contributed by atoms with E-state index in [9.17, 15) is 10.1 Å². The molecular weight excluding hydrogens is 419 g/mol. The lowest BCUT2D eigenvalue weighted by atomic mass is 9.90. The summed E-state index contributed by atoms with van der Waals surface area (Å²) < 4.78 is 0. The van der Waals surface area contributed by atoms with E-state index >= 15 is 0 Å². The highest BCUT2D eigenvalue weighted by atomic mass is 35.5. The molecule has 0 N–H and O–H groups in total. The van der Waals surface area contributed by atoms with Crippen LogP contribution in [0.25, 0.3) is 0 Å². The van der Waals surface area contributed by atoms with Crippen LogP contribution in [0.15, 0.2) is 65.9 Å². The van der Waals surface area contributed by atoms with Crippen molar-refractivity contribution >= 4 is 41.0 Å². The molecule has 1 heterocycles. The number of carbonyl (C=O) groups is 1. The van der Waals surface area contributed by atoms with Crippen molar-refractivity contribution in [2.75, 3.05) is 5.01 Å². The van der Waals surface area contributed by atoms with E-state index in [2.05, 4.69) is 16.2 Å². The van der Waals surface area contributed by atoms with E-state index < -0.39 is 5.92 Å². The Morgan fingerprint density at radius 1 is 1.20 bits per heavy atom. The molecule has 0 aliphatic heterocycles. The molecule has 150 valence electrons. The molecule has 1 atom stereocenters. The van der Waals surface area contributed by atoms with Crippen molar-refractivity contribution < 1.29 is 4.79 Å². The minimum absolute atomic E-state index is 0.260. The normalized spacial score (nSPS) is 11.8. The second kappa shape index (κ2) is 9.53. The number of hydrazone groups is 1. The summed E-state index contributed by atoms with van der Waals surface area (Å²) in [6.45, 7) is 3.27. The number of anilines is 1. The van der Waals surface area contributed by atoms with Crippen molar-refractivity contribution in [3.05, 3.63) is 93.2 Å². The Hall–Kier alpha value is -3.20. The molecule has 0 saturated heterocycles. The lowest BCUT2D eigenvalue weighted by Gasteiger charge is -2.20. The zero-order chi connectivity index (χ0) is 21.7. The van der Waals surface area contributed by atoms with Crippen molar-refractivity contribution in [2.45, 2.75) is 19.8 Å². The van der Waals surface area contributed by atoms with Gasteiger partial charge in [-0.05, 0) is 47.4 Å². The topological polar surface area (TPSA) is 69.3 Å². The minimum atomic E-state index is -0.616. The Kier molecular flexibility index (Phi) is 6.83. The van der Waals surface area contributed by atoms with Gasteiger partial charge in [-0.2, -0.15) is 10.4 Å². The lowest BCUT2D eigenvalue weighted by Crippen LogP contribution is -2.22. The van der Waals surface area contributed by atoms with Crippen LogP contribution in [-0.2, 0) is 4.79 Å². The second-order valence-corrected chi connectivity index (χ2v) is 7.42. The maximum absolute atomic E-state index is 12.2. The summed E-state index contributed by atoms with van der Waals surface area (Å²) in [5.74, 6) is -0.876. The van der Waals surface area contributed by atoms with Crippen LogP contribution in [-0.4, -0.2) is 17.1 Å². The maximum Gasteiger partial charge on any atom is 0.244 e. The highest BCUT2D eigenvalue weighted by Crippen LogP contribution is 2.36. The number of pyridine rings is 1. The average molecular weight is 437 g/mol. The van der Waals surface area contributed by atoms with Crippen LogP contribution in [0, 0.1) is 18.3 Å². The monoisotopic (exact) mass is 436 g/mol. The Bertz CT molecular complexity index is 1100. The SMILES string of the molecule is CC(=O)N(N=Cc1ccccc1)c1cc(C)c(C(C#N)c2ccc(Cl)nc2)c(Cl)c1. The Morgan fingerprint density at radius 2 is 1.93 bits per heavy atom. The van der Waals surface area contributed by atoms with Crippen LogP contribution in [0.3, 0.4) is 0 Å². The van der Waals surface area contributed by atoms with E-state index in [1.54, 1.807) is 36.7 Å². The first-order valence-electron chi connectivity index (χ1n) is 9.11. The Balaban J connectivity index is 1.99. The third-order valence-electron chi connectivity index (χ3n) is 4.49. The number of hydrogen-bond acceptors (Lipinski definition) is 4. The predicted octanol–water partition coefficient (Wildman–Crippen LogP) is 5.74. The smallest absolute Gasteiger partial charge is 0.244 e. The van der Waals surface area contributed by atoms with Gasteiger partial charge >= 0.3 is 0 Å². The zero-order valence-corrected chi connectivity index (χ0v) is 17.9. The van der Waals surface area contributed by atoms with Gasteiger partial charge in [0.05, 0.1) is 23.9 Å². The predicted molar refractivity (Wildman–Crippen MR) is 120 cm³/mol. The van der Waals surface area contributed by atoms with E-state index in [1.165, 1.54) is 11.9 Å². The number of nitrogens with zero attached hydrogens (tertiary/aromatic N) is 4. The fourth-order valence-corrected chi connectivity index (χ4v) is 3.56. The molecule has 1 unspecified atom stereocenters. The number of nitriles is 1. The van der Waals surface area contributed by atoms with Gasteiger partial charge in [0, 0.05) is 18.1 Å². The summed E-state index contributed by atoms with van der Waals surface area (Å²) >= 11 is 12.4. The average Bonchev–Trinajstić information content (AvgIpc) is 2.72. The third-order valence-corrected chi connectivity index (χ3v) is 5.02. The van der Waals surface area contributed by atoms with Crippen molar-refractivity contribution in [2.24, 2.45) is 5.10 Å². The molecule has 0 saturated carbocycles. The van der Waals surface area contributed by atoms with E-state index in [0.717, 1.165) is 11.1 Å². The highest BCUT2D eigenvalue weighted by Gasteiger charge is 2.22. The van der Waals surface area contributed by atoms with Crippen LogP contribution in [0.4, 0.5) is 5.69 Å². The van der Waals surface area contributed by atoms with E-state index in [1.807, 2.05) is 37.3 Å². The molecule has 0 aliphatic rings. The molecule has 3 aromatic rings. The van der Waals surface area contributed by atoms with Gasteiger partial charge in [-0.25, -0.2) is 9.99 Å². The van der Waals surface area contributed by atoms with Crippen molar-refractivity contribution in [1.82, 2.24) is 4.98 Å². The summed E-state index contributed by atoms with van der Waals surface area (Å²) in [4.78, 5) is 16.3. The largest absolute Gasteiger partial charge is 0.273 e. The lowest BCUT2D eigenvalue weighted by molar-refractivity contribution is -0.116. The molecule has 0 spiro atoms. The van der Waals surface area contributed by atoms with Gasteiger partial charge in [-0.1, -0.05) is 59.6 Å². The minimum Gasteiger partial charge on any atom is -0.273 e. The zero-order valence-electron chi connectivity index (χ0n) is 16.4. The van der Waals surface area contributed by atoms with Gasteiger partial charge in [0.2, 0.25) is 5.91 Å². The first kappa shape index (κ1) is 21.5. The van der Waals surface area contributed by atoms with E-state index in [-0.39, 0.29) is 5.91 Å². The molecule has 30 heavy (non-hydrogen) atoms. The number of aromatic nitrogens is 1. The van der Waals surface area contributed by atoms with E-state index in [4.69, 9.17) is 23.2 Å². The molecule has 0 aliphatic carbocycles. The molecular formula is C23H18Cl2N4O. The van der Waals surface area contributed by atoms with Crippen LogP contribution in [0.2, 0.25) is 10.2 Å². The van der Waals surface area contributed by atoms with E-state index in [0.29, 0.717) is 27.0 Å². The van der Waals surface area contributed by atoms with Gasteiger partial charge in [-0.3, -0.25) is 4.79 Å². The van der Waals surface area contributed by atoms with Crippen LogP contribution >= 0.6 is 23.2 Å². The molecule has 5 nitrogen and oxygen atoms in total. The van der Waals surface area contributed by atoms with Gasteiger partial charge in [0.25, 0.3) is 0 Å². The summed E-state index contributed by atoms with van der Waals surface area (Å²) in [6, 6.07) is 18.6. The summed E-state index contributed by atoms with van der Waals surface area (Å²) in [5, 5.41) is 16.1. The Morgan fingerprint density at radius 3 is 2.50 bits per heavy atom. The standard InChI is InChI=1S/C23H18Cl2N4O/c1-15-10-19(29(16(2)30)28-13-17-6-4-3-5-7-17)11-21(24)23(15)20(12-26)18-8-9-22(25)27-14-18/h3-11,13-14,20H,1-2H3. The number of rotatable bonds is 5. The second-order valence-electron chi connectivity index (χ2n) is 6.62. The Labute approximate surface area is 185 Å². The fourth-order valence-electron chi connectivity index (χ4n) is 3.08. The number of amides is 1.